The summed E-state index contributed by atoms with van der Waals surface area (Å²) in [4.78, 5) is 19.4. The van der Waals surface area contributed by atoms with Crippen LogP contribution in [0.5, 0.6) is 0 Å². The van der Waals surface area contributed by atoms with Gasteiger partial charge in [-0.15, -0.1) is 0 Å². The van der Waals surface area contributed by atoms with Crippen molar-refractivity contribution in [3.8, 4) is 0 Å². The molecule has 1 fully saturated rings. The lowest BCUT2D eigenvalue weighted by atomic mass is 9.95. The van der Waals surface area contributed by atoms with Crippen LogP contribution >= 0.6 is 0 Å². The van der Waals surface area contributed by atoms with Crippen LogP contribution in [0.15, 0.2) is 42.5 Å². The predicted octanol–water partition coefficient (Wildman–Crippen LogP) is 4.36. The normalized spacial score (nSPS) is 20.3. The number of carbonyl (C=O) groups is 1. The average molecular weight is 482 g/mol. The molecule has 1 atom stereocenters. The summed E-state index contributed by atoms with van der Waals surface area (Å²) in [5.74, 6) is 1.81. The number of fused-ring (bicyclic) bond motifs is 3. The molecule has 3 heterocycles. The molecule has 1 aromatic heterocycles. The van der Waals surface area contributed by atoms with Crippen LogP contribution in [0.1, 0.15) is 43.1 Å². The van der Waals surface area contributed by atoms with Gasteiger partial charge in [-0.2, -0.15) is 0 Å². The molecule has 2 aromatic carbocycles. The van der Waals surface area contributed by atoms with Gasteiger partial charge in [0.2, 0.25) is 0 Å². The molecule has 0 saturated carbocycles. The summed E-state index contributed by atoms with van der Waals surface area (Å²) in [5, 5.41) is 0. The van der Waals surface area contributed by atoms with Crippen LogP contribution in [-0.2, 0) is 34.0 Å². The van der Waals surface area contributed by atoms with Gasteiger partial charge in [0.15, 0.2) is 0 Å². The van der Waals surface area contributed by atoms with Crippen molar-refractivity contribution in [1.29, 1.82) is 0 Å². The molecule has 180 valence electrons. The van der Waals surface area contributed by atoms with Gasteiger partial charge in [-0.05, 0) is 56.2 Å². The third-order valence-electron chi connectivity index (χ3n) is 7.28. The summed E-state index contributed by atoms with van der Waals surface area (Å²) in [6, 6.07) is 14.4. The van der Waals surface area contributed by atoms with E-state index < -0.39 is 9.84 Å². The van der Waals surface area contributed by atoms with E-state index in [2.05, 4.69) is 22.8 Å². The quantitative estimate of drug-likeness (QED) is 0.553. The summed E-state index contributed by atoms with van der Waals surface area (Å²) in [6.45, 7) is 2.80. The van der Waals surface area contributed by atoms with Gasteiger partial charge in [0, 0.05) is 24.6 Å². The Morgan fingerprint density at radius 3 is 2.53 bits per heavy atom. The molecular weight excluding hydrogens is 450 g/mol. The van der Waals surface area contributed by atoms with Crippen LogP contribution in [0, 0.1) is 5.92 Å². The van der Waals surface area contributed by atoms with Crippen LogP contribution in [0.25, 0.3) is 11.0 Å². The number of sulfone groups is 1. The fourth-order valence-corrected chi connectivity index (χ4v) is 6.94. The number of hydrogen-bond donors (Lipinski definition) is 0. The SMILES string of the molecule is COC(=O)N1c2ccc3c(nc(Cc4ccccc4)n3CC3CCS(=O)(=O)CC3)c2CC[C@@H]1C. The lowest BCUT2D eigenvalue weighted by Crippen LogP contribution is -2.42. The molecule has 7 nitrogen and oxygen atoms in total. The molecule has 1 saturated heterocycles. The highest BCUT2D eigenvalue weighted by molar-refractivity contribution is 7.91. The number of benzene rings is 2. The second-order valence-electron chi connectivity index (χ2n) is 9.55. The summed E-state index contributed by atoms with van der Waals surface area (Å²) in [6.07, 6.45) is 3.43. The Hall–Kier alpha value is -2.87. The Morgan fingerprint density at radius 2 is 1.82 bits per heavy atom. The zero-order chi connectivity index (χ0) is 23.9. The van der Waals surface area contributed by atoms with E-state index >= 15 is 0 Å². The number of nitrogens with zero attached hydrogens (tertiary/aromatic N) is 3. The number of hydrogen-bond acceptors (Lipinski definition) is 5. The van der Waals surface area contributed by atoms with Crippen molar-refractivity contribution in [2.75, 3.05) is 23.5 Å². The number of anilines is 1. The molecule has 0 bridgehead atoms. The van der Waals surface area contributed by atoms with E-state index in [1.54, 1.807) is 4.90 Å². The topological polar surface area (TPSA) is 81.5 Å². The van der Waals surface area contributed by atoms with Crippen molar-refractivity contribution >= 4 is 32.7 Å². The minimum atomic E-state index is -2.90. The maximum Gasteiger partial charge on any atom is 0.414 e. The van der Waals surface area contributed by atoms with E-state index in [4.69, 9.17) is 9.72 Å². The molecule has 2 aliphatic rings. The summed E-state index contributed by atoms with van der Waals surface area (Å²) in [5.41, 5.74) is 5.13. The largest absolute Gasteiger partial charge is 0.452 e. The summed E-state index contributed by atoms with van der Waals surface area (Å²) >= 11 is 0. The van der Waals surface area contributed by atoms with Crippen molar-refractivity contribution < 1.29 is 17.9 Å². The standard InChI is InChI=1S/C26H31N3O4S/c1-18-8-9-21-22(29(18)26(30)33-2)10-11-23-25(21)27-24(16-19-6-4-3-5-7-19)28(23)17-20-12-14-34(31,32)15-13-20/h3-7,10-11,18,20H,8-9,12-17H2,1-2H3/t18-/m0/s1. The van der Waals surface area contributed by atoms with Gasteiger partial charge in [0.1, 0.15) is 15.7 Å². The number of ether oxygens (including phenoxy) is 1. The van der Waals surface area contributed by atoms with Crippen LogP contribution < -0.4 is 4.90 Å². The van der Waals surface area contributed by atoms with Gasteiger partial charge < -0.3 is 9.30 Å². The number of aryl methyl sites for hydroxylation is 1. The fourth-order valence-electron chi connectivity index (χ4n) is 5.35. The lowest BCUT2D eigenvalue weighted by Gasteiger charge is -2.34. The fraction of sp³-hybridized carbons (Fsp3) is 0.462. The molecule has 0 spiro atoms. The Kier molecular flexibility index (Phi) is 6.10. The number of carbonyl (C=O) groups excluding carboxylic acids is 1. The monoisotopic (exact) mass is 481 g/mol. The first-order chi connectivity index (χ1) is 16.4. The van der Waals surface area contributed by atoms with E-state index in [1.807, 2.05) is 31.2 Å². The van der Waals surface area contributed by atoms with E-state index in [-0.39, 0.29) is 23.6 Å². The van der Waals surface area contributed by atoms with Crippen molar-refractivity contribution in [2.45, 2.75) is 51.6 Å². The van der Waals surface area contributed by atoms with Gasteiger partial charge in [0.25, 0.3) is 0 Å². The highest BCUT2D eigenvalue weighted by Gasteiger charge is 2.32. The smallest absolute Gasteiger partial charge is 0.414 e. The Morgan fingerprint density at radius 1 is 1.09 bits per heavy atom. The molecule has 0 N–H and O–H groups in total. The zero-order valence-corrected chi connectivity index (χ0v) is 20.6. The van der Waals surface area contributed by atoms with Crippen LogP contribution in [0.3, 0.4) is 0 Å². The first-order valence-corrected chi connectivity index (χ1v) is 13.8. The third-order valence-corrected chi connectivity index (χ3v) is 9.00. The number of imidazole rings is 1. The molecule has 2 aliphatic heterocycles. The lowest BCUT2D eigenvalue weighted by molar-refractivity contribution is 0.175. The van der Waals surface area contributed by atoms with Gasteiger partial charge >= 0.3 is 6.09 Å². The summed E-state index contributed by atoms with van der Waals surface area (Å²) < 4.78 is 31.3. The molecule has 3 aromatic rings. The van der Waals surface area contributed by atoms with Crippen LogP contribution in [0.4, 0.5) is 10.5 Å². The minimum absolute atomic E-state index is 0.0625. The minimum Gasteiger partial charge on any atom is -0.452 e. The van der Waals surface area contributed by atoms with Gasteiger partial charge in [0.05, 0.1) is 35.3 Å². The molecule has 5 rings (SSSR count). The predicted molar refractivity (Wildman–Crippen MR) is 133 cm³/mol. The van der Waals surface area contributed by atoms with Crippen LogP contribution in [-0.4, -0.2) is 48.7 Å². The molecule has 8 heteroatoms. The second-order valence-corrected chi connectivity index (χ2v) is 11.9. The van der Waals surface area contributed by atoms with E-state index in [1.165, 1.54) is 12.7 Å². The van der Waals surface area contributed by atoms with Gasteiger partial charge in [-0.1, -0.05) is 30.3 Å². The van der Waals surface area contributed by atoms with Crippen LogP contribution in [0.2, 0.25) is 0 Å². The number of aromatic nitrogens is 2. The Bertz CT molecular complexity index is 1300. The van der Waals surface area contributed by atoms with Crippen molar-refractivity contribution in [3.63, 3.8) is 0 Å². The molecule has 34 heavy (non-hydrogen) atoms. The third kappa shape index (κ3) is 4.31. The number of amides is 1. The van der Waals surface area contributed by atoms with Crippen molar-refractivity contribution in [3.05, 3.63) is 59.4 Å². The van der Waals surface area contributed by atoms with Crippen molar-refractivity contribution in [2.24, 2.45) is 5.92 Å². The Labute approximate surface area is 200 Å². The maximum absolute atomic E-state index is 12.5. The first kappa shape index (κ1) is 22.9. The first-order valence-electron chi connectivity index (χ1n) is 12.0. The molecule has 0 aliphatic carbocycles. The second kappa shape index (κ2) is 9.06. The average Bonchev–Trinajstić information content (AvgIpc) is 3.17. The highest BCUT2D eigenvalue weighted by atomic mass is 32.2. The molecule has 1 amide bonds. The molecular formula is C26H31N3O4S. The van der Waals surface area contributed by atoms with E-state index in [0.29, 0.717) is 25.2 Å². The van der Waals surface area contributed by atoms with Gasteiger partial charge in [-0.3, -0.25) is 4.90 Å². The molecule has 0 unspecified atom stereocenters. The van der Waals surface area contributed by atoms with E-state index in [9.17, 15) is 13.2 Å². The zero-order valence-electron chi connectivity index (χ0n) is 19.7. The maximum atomic E-state index is 12.5. The highest BCUT2D eigenvalue weighted by Crippen LogP contribution is 2.37. The number of methoxy groups -OCH3 is 1. The number of rotatable bonds is 4. The van der Waals surface area contributed by atoms with Crippen molar-refractivity contribution in [1.82, 2.24) is 9.55 Å². The molecule has 0 radical (unpaired) electrons. The summed E-state index contributed by atoms with van der Waals surface area (Å²) in [7, 11) is -1.49. The van der Waals surface area contributed by atoms with E-state index in [0.717, 1.165) is 47.5 Å². The van der Waals surface area contributed by atoms with Gasteiger partial charge in [-0.25, -0.2) is 18.2 Å². The Balaban J connectivity index is 1.58.